The van der Waals surface area contributed by atoms with Gasteiger partial charge in [-0.25, -0.2) is 9.18 Å². The van der Waals surface area contributed by atoms with Gasteiger partial charge in [0.05, 0.1) is 5.69 Å². The van der Waals surface area contributed by atoms with Crippen LogP contribution in [0, 0.1) is 5.82 Å². The fourth-order valence-electron chi connectivity index (χ4n) is 5.27. The summed E-state index contributed by atoms with van der Waals surface area (Å²) < 4.78 is 16.5. The topological polar surface area (TPSA) is 109 Å². The highest BCUT2D eigenvalue weighted by Crippen LogP contribution is 2.35. The maximum atomic E-state index is 14.5. The minimum atomic E-state index is -0.747. The number of fused-ring (bicyclic) bond motifs is 1. The highest BCUT2D eigenvalue weighted by Gasteiger charge is 2.52. The molecule has 4 amide bonds. The molecular weight excluding hydrogens is 439 g/mol. The molecule has 1 saturated heterocycles. The molecule has 1 saturated carbocycles. The number of anilines is 1. The van der Waals surface area contributed by atoms with E-state index in [0.717, 1.165) is 50.9 Å². The third kappa shape index (κ3) is 4.17. The number of rotatable bonds is 6. The van der Waals surface area contributed by atoms with Crippen LogP contribution in [-0.2, 0) is 22.6 Å². The maximum Gasteiger partial charge on any atom is 0.325 e. The van der Waals surface area contributed by atoms with E-state index in [1.807, 2.05) is 0 Å². The number of halogens is 1. The Labute approximate surface area is 197 Å². The lowest BCUT2D eigenvalue weighted by atomic mass is 9.98. The average Bonchev–Trinajstić information content (AvgIpc) is 3.45. The first-order valence-electron chi connectivity index (χ1n) is 12.1. The number of aryl methyl sites for hydroxylation is 1. The Hall–Kier alpha value is -3.30. The molecule has 34 heavy (non-hydrogen) atoms. The lowest BCUT2D eigenvalue weighted by molar-refractivity contribution is -0.131. The molecular formula is C24H29FN6O3. The molecule has 3 heterocycles. The van der Waals surface area contributed by atoms with Gasteiger partial charge in [-0.3, -0.25) is 14.5 Å². The van der Waals surface area contributed by atoms with Crippen molar-refractivity contribution in [1.82, 2.24) is 25.0 Å². The van der Waals surface area contributed by atoms with Crippen LogP contribution in [0.1, 0.15) is 63.6 Å². The molecule has 0 bridgehead atoms. The van der Waals surface area contributed by atoms with Crippen LogP contribution in [0.15, 0.2) is 18.2 Å². The smallest absolute Gasteiger partial charge is 0.324 e. The van der Waals surface area contributed by atoms with E-state index in [4.69, 9.17) is 0 Å². The van der Waals surface area contributed by atoms with Crippen molar-refractivity contribution in [2.24, 2.45) is 0 Å². The average molecular weight is 469 g/mol. The van der Waals surface area contributed by atoms with E-state index >= 15 is 0 Å². The van der Waals surface area contributed by atoms with Gasteiger partial charge in [0, 0.05) is 31.5 Å². The molecule has 3 aliphatic rings. The number of benzene rings is 1. The molecule has 1 aliphatic carbocycles. The molecule has 1 aromatic heterocycles. The number of amides is 4. The van der Waals surface area contributed by atoms with Crippen LogP contribution in [0.5, 0.6) is 0 Å². The Morgan fingerprint density at radius 1 is 1.12 bits per heavy atom. The van der Waals surface area contributed by atoms with Gasteiger partial charge in [-0.15, -0.1) is 10.2 Å². The standard InChI is InChI=1S/C24H29FN6O3/c25-17-10-9-16(21-29-28-19-7-2-1-5-13-30(19)21)15-18(17)26-20(32)8-6-14-31-22(33)24(27-23(31)34)11-3-4-12-24/h9-10,15H,1-8,11-14H2,(H,26,32)(H,27,34). The van der Waals surface area contributed by atoms with Crippen LogP contribution in [0.2, 0.25) is 0 Å². The van der Waals surface area contributed by atoms with Crippen molar-refractivity contribution in [3.63, 3.8) is 0 Å². The Morgan fingerprint density at radius 3 is 2.76 bits per heavy atom. The lowest BCUT2D eigenvalue weighted by Crippen LogP contribution is -2.44. The van der Waals surface area contributed by atoms with Crippen LogP contribution in [-0.4, -0.2) is 49.6 Å². The van der Waals surface area contributed by atoms with E-state index in [1.54, 1.807) is 12.1 Å². The molecule has 0 radical (unpaired) electrons. The van der Waals surface area contributed by atoms with Gasteiger partial charge in [-0.05, 0) is 50.3 Å². The molecule has 2 fully saturated rings. The van der Waals surface area contributed by atoms with E-state index in [9.17, 15) is 18.8 Å². The summed E-state index contributed by atoms with van der Waals surface area (Å²) in [5.74, 6) is 0.499. The molecule has 10 heteroatoms. The maximum absolute atomic E-state index is 14.5. The van der Waals surface area contributed by atoms with Crippen molar-refractivity contribution in [3.05, 3.63) is 29.8 Å². The summed E-state index contributed by atoms with van der Waals surface area (Å²) in [5.41, 5.74) is 0.0231. The van der Waals surface area contributed by atoms with Crippen LogP contribution >= 0.6 is 0 Å². The zero-order chi connectivity index (χ0) is 23.7. The summed E-state index contributed by atoms with van der Waals surface area (Å²) in [6.45, 7) is 0.981. The first kappa shape index (κ1) is 22.5. The first-order chi connectivity index (χ1) is 16.5. The summed E-state index contributed by atoms with van der Waals surface area (Å²) in [6.07, 6.45) is 7.67. The number of carbonyl (C=O) groups excluding carboxylic acids is 3. The van der Waals surface area contributed by atoms with Gasteiger partial charge in [0.2, 0.25) is 5.91 Å². The number of aromatic nitrogens is 3. The van der Waals surface area contributed by atoms with Crippen molar-refractivity contribution < 1.29 is 18.8 Å². The fraction of sp³-hybridized carbons (Fsp3) is 0.542. The van der Waals surface area contributed by atoms with Crippen LogP contribution in [0.3, 0.4) is 0 Å². The second-order valence-electron chi connectivity index (χ2n) is 9.42. The van der Waals surface area contributed by atoms with Crippen molar-refractivity contribution >= 4 is 23.5 Å². The lowest BCUT2D eigenvalue weighted by Gasteiger charge is -2.19. The number of carbonyl (C=O) groups is 3. The molecule has 2 aromatic rings. The number of hydrogen-bond donors (Lipinski definition) is 2. The zero-order valence-corrected chi connectivity index (χ0v) is 19.1. The Morgan fingerprint density at radius 2 is 1.94 bits per heavy atom. The van der Waals surface area contributed by atoms with E-state index in [0.29, 0.717) is 30.7 Å². The Kier molecular flexibility index (Phi) is 6.05. The minimum Gasteiger partial charge on any atom is -0.324 e. The van der Waals surface area contributed by atoms with Crippen LogP contribution in [0.25, 0.3) is 11.4 Å². The zero-order valence-electron chi connectivity index (χ0n) is 19.1. The van der Waals surface area contributed by atoms with Gasteiger partial charge < -0.3 is 15.2 Å². The third-order valence-corrected chi connectivity index (χ3v) is 7.10. The number of nitrogens with one attached hydrogen (secondary N) is 2. The van der Waals surface area contributed by atoms with Crippen molar-refractivity contribution in [2.75, 3.05) is 11.9 Å². The summed E-state index contributed by atoms with van der Waals surface area (Å²) in [6, 6.07) is 4.15. The number of urea groups is 1. The molecule has 2 N–H and O–H groups in total. The monoisotopic (exact) mass is 468 g/mol. The summed E-state index contributed by atoms with van der Waals surface area (Å²) >= 11 is 0. The quantitative estimate of drug-likeness (QED) is 0.632. The molecule has 0 unspecified atom stereocenters. The number of nitrogens with zero attached hydrogens (tertiary/aromatic N) is 4. The molecule has 9 nitrogen and oxygen atoms in total. The van der Waals surface area contributed by atoms with E-state index < -0.39 is 17.4 Å². The van der Waals surface area contributed by atoms with Crippen LogP contribution < -0.4 is 10.6 Å². The van der Waals surface area contributed by atoms with Gasteiger partial charge in [0.15, 0.2) is 5.82 Å². The summed E-state index contributed by atoms with van der Waals surface area (Å²) in [4.78, 5) is 38.7. The van der Waals surface area contributed by atoms with Crippen molar-refractivity contribution in [1.29, 1.82) is 0 Å². The van der Waals surface area contributed by atoms with Crippen molar-refractivity contribution in [3.8, 4) is 11.4 Å². The van der Waals surface area contributed by atoms with Gasteiger partial charge in [-0.2, -0.15) is 0 Å². The molecule has 5 rings (SSSR count). The minimum absolute atomic E-state index is 0.0635. The SMILES string of the molecule is O=C(CCCN1C(=O)NC2(CCCC2)C1=O)Nc1cc(-c2nnc3n2CCCCC3)ccc1F. The van der Waals surface area contributed by atoms with E-state index in [-0.39, 0.29) is 30.5 Å². The molecule has 1 aromatic carbocycles. The second-order valence-corrected chi connectivity index (χ2v) is 9.42. The normalized spacial score (nSPS) is 19.3. The molecule has 1 spiro atoms. The summed E-state index contributed by atoms with van der Waals surface area (Å²) in [5, 5.41) is 14.1. The van der Waals surface area contributed by atoms with Gasteiger partial charge in [-0.1, -0.05) is 19.3 Å². The molecule has 0 atom stereocenters. The second kappa shape index (κ2) is 9.15. The Bertz CT molecular complexity index is 1120. The number of hydrogen-bond acceptors (Lipinski definition) is 5. The molecule has 180 valence electrons. The predicted molar refractivity (Wildman–Crippen MR) is 122 cm³/mol. The predicted octanol–water partition coefficient (Wildman–Crippen LogP) is 3.39. The van der Waals surface area contributed by atoms with E-state index in [1.165, 1.54) is 11.0 Å². The number of imide groups is 1. The largest absolute Gasteiger partial charge is 0.325 e. The highest BCUT2D eigenvalue weighted by atomic mass is 19.1. The third-order valence-electron chi connectivity index (χ3n) is 7.10. The van der Waals surface area contributed by atoms with Gasteiger partial charge in [0.1, 0.15) is 17.2 Å². The molecule has 2 aliphatic heterocycles. The van der Waals surface area contributed by atoms with Gasteiger partial charge >= 0.3 is 6.03 Å². The summed E-state index contributed by atoms with van der Waals surface area (Å²) in [7, 11) is 0. The first-order valence-corrected chi connectivity index (χ1v) is 12.1. The van der Waals surface area contributed by atoms with Crippen molar-refractivity contribution in [2.45, 2.75) is 76.3 Å². The fourth-order valence-corrected chi connectivity index (χ4v) is 5.27. The highest BCUT2D eigenvalue weighted by molar-refractivity contribution is 6.07. The van der Waals surface area contributed by atoms with Gasteiger partial charge in [0.25, 0.3) is 5.91 Å². The Balaban J connectivity index is 1.21. The van der Waals surface area contributed by atoms with Crippen LogP contribution in [0.4, 0.5) is 14.9 Å². The van der Waals surface area contributed by atoms with E-state index in [2.05, 4.69) is 25.4 Å².